The molecule has 13 heteroatoms. The van der Waals surface area contributed by atoms with E-state index in [1.54, 1.807) is 0 Å². The van der Waals surface area contributed by atoms with Gasteiger partial charge in [-0.15, -0.1) is 0 Å². The van der Waals surface area contributed by atoms with Crippen LogP contribution >= 0.6 is 0 Å². The summed E-state index contributed by atoms with van der Waals surface area (Å²) in [6.07, 6.45) is -3.88. The summed E-state index contributed by atoms with van der Waals surface area (Å²) in [4.78, 5) is 0. The highest BCUT2D eigenvalue weighted by Crippen LogP contribution is 2.71. The van der Waals surface area contributed by atoms with E-state index in [0.29, 0.717) is 41.4 Å². The minimum atomic E-state index is -1.71. The van der Waals surface area contributed by atoms with Crippen molar-refractivity contribution < 1.29 is 64.2 Å². The molecule has 0 aromatic heterocycles. The first kappa shape index (κ1) is 38.4. The van der Waals surface area contributed by atoms with Crippen LogP contribution in [0, 0.1) is 52.3 Å². The zero-order chi connectivity index (χ0) is 36.9. The van der Waals surface area contributed by atoms with E-state index in [-0.39, 0.29) is 23.0 Å². The Labute approximate surface area is 307 Å². The summed E-state index contributed by atoms with van der Waals surface area (Å²) in [5, 5.41) is 72.7. The summed E-state index contributed by atoms with van der Waals surface area (Å²) in [7, 11) is 0. The second-order valence-electron chi connectivity index (χ2n) is 18.7. The molecule has 22 atom stereocenters. The van der Waals surface area contributed by atoms with Crippen LogP contribution in [0.4, 0.5) is 0 Å². The Balaban J connectivity index is 0.942. The third kappa shape index (κ3) is 5.98. The van der Waals surface area contributed by atoms with E-state index in [9.17, 15) is 35.7 Å². The number of ether oxygens (including phenoxy) is 6. The first-order valence-electron chi connectivity index (χ1n) is 20.3. The maximum Gasteiger partial charge on any atom is 0.187 e. The summed E-state index contributed by atoms with van der Waals surface area (Å²) in [5.74, 6) is 3.51. The monoisotopic (exact) mass is 740 g/mol. The molecule has 4 aliphatic heterocycles. The van der Waals surface area contributed by atoms with Gasteiger partial charge in [0.1, 0.15) is 48.8 Å². The van der Waals surface area contributed by atoms with Gasteiger partial charge in [-0.25, -0.2) is 0 Å². The molecule has 298 valence electrons. The molecule has 13 nitrogen and oxygen atoms in total. The minimum Gasteiger partial charge on any atom is -0.394 e. The molecular formula is C39H64O13. The van der Waals surface area contributed by atoms with Gasteiger partial charge in [-0.3, -0.25) is 0 Å². The minimum absolute atomic E-state index is 0.168. The van der Waals surface area contributed by atoms with Gasteiger partial charge in [-0.1, -0.05) is 27.7 Å². The molecule has 52 heavy (non-hydrogen) atoms. The smallest absolute Gasteiger partial charge is 0.187 e. The lowest BCUT2D eigenvalue weighted by Crippen LogP contribution is -2.65. The lowest BCUT2D eigenvalue weighted by Gasteiger charge is -2.61. The van der Waals surface area contributed by atoms with E-state index in [1.165, 1.54) is 25.7 Å². The SMILES string of the molecule is CC1CC[C@@]2(OC1)O[C@H]1CC3C4CC[C@H]5CC(OC6OC(CO)C(O)C(O)C6OC6OC(CO)C(O)C(O)C6O)CC[C@]5(C)C4CC[C@]3(C)[C@H]1C2C. The summed E-state index contributed by atoms with van der Waals surface area (Å²) < 4.78 is 37.5. The van der Waals surface area contributed by atoms with Crippen LogP contribution in [0.25, 0.3) is 0 Å². The van der Waals surface area contributed by atoms with Crippen LogP contribution in [0.3, 0.4) is 0 Å². The van der Waals surface area contributed by atoms with Gasteiger partial charge in [0.05, 0.1) is 32.0 Å². The fourth-order valence-electron chi connectivity index (χ4n) is 13.2. The number of hydrogen-bond acceptors (Lipinski definition) is 13. The number of rotatable bonds is 6. The van der Waals surface area contributed by atoms with Crippen LogP contribution in [0.1, 0.15) is 91.9 Å². The van der Waals surface area contributed by atoms with Crippen LogP contribution in [0.15, 0.2) is 0 Å². The molecule has 4 heterocycles. The van der Waals surface area contributed by atoms with Crippen molar-refractivity contribution in [1.29, 1.82) is 0 Å². The Bertz CT molecular complexity index is 1260. The molecule has 0 aromatic rings. The third-order valence-electron chi connectivity index (χ3n) is 16.2. The predicted molar refractivity (Wildman–Crippen MR) is 183 cm³/mol. The highest BCUT2D eigenvalue weighted by atomic mass is 16.8. The quantitative estimate of drug-likeness (QED) is 0.194. The molecule has 1 spiro atoms. The van der Waals surface area contributed by atoms with Crippen LogP contribution in [0.5, 0.6) is 0 Å². The lowest BCUT2D eigenvalue weighted by atomic mass is 9.44. The van der Waals surface area contributed by atoms with Gasteiger partial charge in [0.2, 0.25) is 0 Å². The van der Waals surface area contributed by atoms with Gasteiger partial charge in [0.15, 0.2) is 18.4 Å². The van der Waals surface area contributed by atoms with Crippen LogP contribution in [-0.4, -0.2) is 135 Å². The summed E-state index contributed by atoms with van der Waals surface area (Å²) >= 11 is 0. The zero-order valence-corrected chi connectivity index (χ0v) is 31.2. The number of hydrogen-bond donors (Lipinski definition) is 7. The van der Waals surface area contributed by atoms with Crippen molar-refractivity contribution in [2.75, 3.05) is 19.8 Å². The van der Waals surface area contributed by atoms with E-state index in [2.05, 4.69) is 27.7 Å². The van der Waals surface area contributed by atoms with Crippen LogP contribution in [-0.2, 0) is 28.4 Å². The Morgan fingerprint density at radius 2 is 1.37 bits per heavy atom. The second kappa shape index (κ2) is 14.1. The number of aliphatic hydroxyl groups excluding tert-OH is 7. The summed E-state index contributed by atoms with van der Waals surface area (Å²) in [5.41, 5.74) is 0.425. The van der Waals surface area contributed by atoms with Gasteiger partial charge in [0, 0.05) is 12.3 Å². The summed E-state index contributed by atoms with van der Waals surface area (Å²) in [6, 6.07) is 0. The first-order valence-corrected chi connectivity index (χ1v) is 20.3. The Morgan fingerprint density at radius 1 is 0.673 bits per heavy atom. The van der Waals surface area contributed by atoms with Crippen LogP contribution in [0.2, 0.25) is 0 Å². The van der Waals surface area contributed by atoms with Gasteiger partial charge >= 0.3 is 0 Å². The highest BCUT2D eigenvalue weighted by Gasteiger charge is 2.69. The fraction of sp³-hybridized carbons (Fsp3) is 1.00. The van der Waals surface area contributed by atoms with Crippen LogP contribution < -0.4 is 0 Å². The van der Waals surface area contributed by atoms with Crippen molar-refractivity contribution >= 4 is 0 Å². The van der Waals surface area contributed by atoms with Gasteiger partial charge < -0.3 is 64.2 Å². The van der Waals surface area contributed by atoms with Crippen molar-refractivity contribution in [1.82, 2.24) is 0 Å². The molecule has 4 saturated heterocycles. The maximum atomic E-state index is 11.1. The highest BCUT2D eigenvalue weighted by molar-refractivity contribution is 5.15. The Morgan fingerprint density at radius 3 is 2.06 bits per heavy atom. The molecule has 16 unspecified atom stereocenters. The van der Waals surface area contributed by atoms with Gasteiger partial charge in [0.25, 0.3) is 0 Å². The topological polar surface area (TPSA) is 197 Å². The van der Waals surface area contributed by atoms with Gasteiger partial charge in [-0.05, 0) is 104 Å². The molecule has 4 aliphatic carbocycles. The second-order valence-corrected chi connectivity index (χ2v) is 18.7. The third-order valence-corrected chi connectivity index (χ3v) is 16.2. The molecule has 8 fully saturated rings. The van der Waals surface area contributed by atoms with Crippen molar-refractivity contribution in [3.8, 4) is 0 Å². The molecule has 8 rings (SSSR count). The largest absolute Gasteiger partial charge is 0.394 e. The maximum absolute atomic E-state index is 11.1. The van der Waals surface area contributed by atoms with E-state index < -0.39 is 80.4 Å². The van der Waals surface area contributed by atoms with E-state index in [1.807, 2.05) is 0 Å². The van der Waals surface area contributed by atoms with Gasteiger partial charge in [-0.2, -0.15) is 0 Å². The molecule has 0 bridgehead atoms. The average Bonchev–Trinajstić information content (AvgIpc) is 3.58. The molecule has 7 N–H and O–H groups in total. The Hall–Kier alpha value is -0.520. The fourth-order valence-corrected chi connectivity index (χ4v) is 13.2. The molecule has 4 saturated carbocycles. The van der Waals surface area contributed by atoms with Crippen molar-refractivity contribution in [3.05, 3.63) is 0 Å². The van der Waals surface area contributed by atoms with E-state index in [0.717, 1.165) is 45.1 Å². The molecular weight excluding hydrogens is 676 g/mol. The predicted octanol–water partition coefficient (Wildman–Crippen LogP) is 1.44. The molecule has 0 radical (unpaired) electrons. The number of fused-ring (bicyclic) bond motifs is 7. The van der Waals surface area contributed by atoms with E-state index in [4.69, 9.17) is 28.4 Å². The normalized spacial score (nSPS) is 59.0. The Kier molecular flexibility index (Phi) is 10.4. The standard InChI is InChI=1S/C39H64O13/c1-18-7-12-39(47-17-18)19(2)28-25(52-39)14-24-22-6-5-20-13-21(8-10-37(20,3)23(22)9-11-38(24,28)4)48-36-34(32(45)30(43)27(16-41)50-36)51-35-33(46)31(44)29(42)26(15-40)49-35/h18-36,40-46H,5-17H2,1-4H3/t18?,19?,20-,21?,22?,23?,24?,25-,26?,27?,28-,29?,30?,31?,32?,33?,34?,35?,36?,37-,38-,39+/m0/s1. The average molecular weight is 741 g/mol. The number of aliphatic hydroxyl groups is 7. The lowest BCUT2D eigenvalue weighted by molar-refractivity contribution is -0.373. The summed E-state index contributed by atoms with van der Waals surface area (Å²) in [6.45, 7) is 9.33. The van der Waals surface area contributed by atoms with E-state index >= 15 is 0 Å². The molecule has 8 aliphatic rings. The van der Waals surface area contributed by atoms with Crippen molar-refractivity contribution in [2.24, 2.45) is 52.3 Å². The van der Waals surface area contributed by atoms with Crippen molar-refractivity contribution in [3.63, 3.8) is 0 Å². The van der Waals surface area contributed by atoms with Crippen molar-refractivity contribution in [2.45, 2.75) is 171 Å². The molecule has 0 amide bonds. The zero-order valence-electron chi connectivity index (χ0n) is 31.2. The first-order chi connectivity index (χ1) is 24.7. The molecule has 0 aromatic carbocycles.